The second kappa shape index (κ2) is 4.87. The fourth-order valence-electron chi connectivity index (χ4n) is 1.51. The van der Waals surface area contributed by atoms with Gasteiger partial charge in [0.1, 0.15) is 11.7 Å². The monoisotopic (exact) mass is 208 g/mol. The fraction of sp³-hybridized carbons (Fsp3) is 0.545. The molecular formula is C11H16N2O2. The van der Waals surface area contributed by atoms with E-state index < -0.39 is 0 Å². The van der Waals surface area contributed by atoms with Crippen LogP contribution >= 0.6 is 0 Å². The minimum Gasteiger partial charge on any atom is -0.468 e. The molecule has 0 saturated heterocycles. The smallest absolute Gasteiger partial charge is 0.316 e. The number of rotatable bonds is 3. The van der Waals surface area contributed by atoms with Gasteiger partial charge in [0.25, 0.3) is 0 Å². The van der Waals surface area contributed by atoms with Crippen molar-refractivity contribution in [3.63, 3.8) is 0 Å². The number of methoxy groups -OCH3 is 1. The summed E-state index contributed by atoms with van der Waals surface area (Å²) >= 11 is 0. The molecule has 1 atom stereocenters. The van der Waals surface area contributed by atoms with Gasteiger partial charge in [0.2, 0.25) is 0 Å². The van der Waals surface area contributed by atoms with Gasteiger partial charge in [0, 0.05) is 11.4 Å². The minimum absolute atomic E-state index is 0.275. The van der Waals surface area contributed by atoms with E-state index in [1.54, 1.807) is 0 Å². The molecule has 1 unspecified atom stereocenters. The molecule has 1 aromatic rings. The molecule has 1 heterocycles. The molecule has 0 radical (unpaired) electrons. The van der Waals surface area contributed by atoms with Crippen LogP contribution in [-0.2, 0) is 9.53 Å². The third kappa shape index (κ3) is 2.75. The van der Waals surface area contributed by atoms with E-state index in [0.29, 0.717) is 12.2 Å². The van der Waals surface area contributed by atoms with E-state index >= 15 is 0 Å². The topological polar surface area (TPSA) is 52.1 Å². The molecule has 4 heteroatoms. The number of esters is 1. The zero-order valence-corrected chi connectivity index (χ0v) is 9.57. The number of hydrogen-bond acceptors (Lipinski definition) is 4. The highest BCUT2D eigenvalue weighted by Gasteiger charge is 2.22. The number of carbonyl (C=O) groups is 1. The molecule has 4 nitrogen and oxygen atoms in total. The van der Waals surface area contributed by atoms with Crippen molar-refractivity contribution in [1.82, 2.24) is 9.97 Å². The Morgan fingerprint density at radius 1 is 1.40 bits per heavy atom. The minimum atomic E-state index is -0.353. The number of aryl methyl sites for hydroxylation is 2. The van der Waals surface area contributed by atoms with Crippen molar-refractivity contribution in [3.8, 4) is 0 Å². The van der Waals surface area contributed by atoms with Crippen molar-refractivity contribution >= 4 is 5.97 Å². The first-order valence-corrected chi connectivity index (χ1v) is 4.98. The second-order valence-corrected chi connectivity index (χ2v) is 3.49. The first-order chi connectivity index (χ1) is 7.08. The first kappa shape index (κ1) is 11.6. The molecule has 0 spiro atoms. The van der Waals surface area contributed by atoms with Crippen molar-refractivity contribution < 1.29 is 9.53 Å². The Hall–Kier alpha value is -1.45. The molecule has 0 bridgehead atoms. The molecule has 1 aromatic heterocycles. The van der Waals surface area contributed by atoms with Gasteiger partial charge in [-0.05, 0) is 26.3 Å². The van der Waals surface area contributed by atoms with E-state index in [0.717, 1.165) is 11.4 Å². The lowest BCUT2D eigenvalue weighted by Gasteiger charge is -2.11. The standard InChI is InChI=1S/C11H16N2O2/c1-5-9(11(14)15-4)10-12-7(2)6-8(3)13-10/h6,9H,5H2,1-4H3. The van der Waals surface area contributed by atoms with Gasteiger partial charge in [0.05, 0.1) is 7.11 Å². The summed E-state index contributed by atoms with van der Waals surface area (Å²) in [6.07, 6.45) is 0.648. The maximum Gasteiger partial charge on any atom is 0.316 e. The molecule has 0 N–H and O–H groups in total. The van der Waals surface area contributed by atoms with Crippen LogP contribution in [0.5, 0.6) is 0 Å². The van der Waals surface area contributed by atoms with Crippen molar-refractivity contribution in [2.45, 2.75) is 33.1 Å². The fourth-order valence-corrected chi connectivity index (χ4v) is 1.51. The van der Waals surface area contributed by atoms with Crippen molar-refractivity contribution in [1.29, 1.82) is 0 Å². The third-order valence-electron chi connectivity index (χ3n) is 2.21. The maximum atomic E-state index is 11.5. The van der Waals surface area contributed by atoms with Gasteiger partial charge in [-0.3, -0.25) is 4.79 Å². The molecule has 0 aliphatic heterocycles. The number of carbonyl (C=O) groups excluding carboxylic acids is 1. The molecule has 0 amide bonds. The summed E-state index contributed by atoms with van der Waals surface area (Å²) in [7, 11) is 1.38. The van der Waals surface area contributed by atoms with E-state index in [2.05, 4.69) is 9.97 Å². The lowest BCUT2D eigenvalue weighted by molar-refractivity contribution is -0.142. The number of aromatic nitrogens is 2. The molecule has 1 rings (SSSR count). The van der Waals surface area contributed by atoms with E-state index in [4.69, 9.17) is 4.74 Å². The quantitative estimate of drug-likeness (QED) is 0.710. The van der Waals surface area contributed by atoms with Crippen LogP contribution in [0.3, 0.4) is 0 Å². The molecule has 15 heavy (non-hydrogen) atoms. The summed E-state index contributed by atoms with van der Waals surface area (Å²) in [5, 5.41) is 0. The highest BCUT2D eigenvalue weighted by atomic mass is 16.5. The van der Waals surface area contributed by atoms with E-state index in [-0.39, 0.29) is 11.9 Å². The number of hydrogen-bond donors (Lipinski definition) is 0. The largest absolute Gasteiger partial charge is 0.468 e. The Labute approximate surface area is 89.7 Å². The van der Waals surface area contributed by atoms with Gasteiger partial charge in [-0.2, -0.15) is 0 Å². The predicted octanol–water partition coefficient (Wildman–Crippen LogP) is 1.76. The average molecular weight is 208 g/mol. The number of ether oxygens (including phenoxy) is 1. The summed E-state index contributed by atoms with van der Waals surface area (Å²) in [5.41, 5.74) is 1.75. The molecular weight excluding hydrogens is 192 g/mol. The molecule has 82 valence electrons. The van der Waals surface area contributed by atoms with Crippen LogP contribution in [0, 0.1) is 13.8 Å². The SMILES string of the molecule is CCC(C(=O)OC)c1nc(C)cc(C)n1. The van der Waals surface area contributed by atoms with E-state index in [1.165, 1.54) is 7.11 Å². The molecule has 0 aliphatic carbocycles. The van der Waals surface area contributed by atoms with Crippen LogP contribution in [0.2, 0.25) is 0 Å². The van der Waals surface area contributed by atoms with Crippen LogP contribution < -0.4 is 0 Å². The second-order valence-electron chi connectivity index (χ2n) is 3.49. The van der Waals surface area contributed by atoms with Gasteiger partial charge in [-0.25, -0.2) is 9.97 Å². The lowest BCUT2D eigenvalue weighted by Crippen LogP contribution is -2.17. The summed E-state index contributed by atoms with van der Waals surface area (Å²) in [6.45, 7) is 5.70. The molecule has 0 saturated carbocycles. The van der Waals surface area contributed by atoms with Crippen LogP contribution in [-0.4, -0.2) is 23.0 Å². The van der Waals surface area contributed by atoms with Crippen LogP contribution in [0.25, 0.3) is 0 Å². The molecule has 0 aromatic carbocycles. The highest BCUT2D eigenvalue weighted by molar-refractivity contribution is 5.76. The van der Waals surface area contributed by atoms with Gasteiger partial charge in [0.15, 0.2) is 0 Å². The predicted molar refractivity (Wildman–Crippen MR) is 56.6 cm³/mol. The van der Waals surface area contributed by atoms with Crippen molar-refractivity contribution in [2.75, 3.05) is 7.11 Å². The Balaban J connectivity index is 3.06. The van der Waals surface area contributed by atoms with E-state index in [1.807, 2.05) is 26.8 Å². The van der Waals surface area contributed by atoms with Crippen LogP contribution in [0.4, 0.5) is 0 Å². The highest BCUT2D eigenvalue weighted by Crippen LogP contribution is 2.17. The lowest BCUT2D eigenvalue weighted by atomic mass is 10.1. The molecule has 0 aliphatic rings. The summed E-state index contributed by atoms with van der Waals surface area (Å²) in [6, 6.07) is 1.88. The maximum absolute atomic E-state index is 11.5. The zero-order valence-electron chi connectivity index (χ0n) is 9.57. The van der Waals surface area contributed by atoms with Crippen molar-refractivity contribution in [3.05, 3.63) is 23.3 Å². The van der Waals surface area contributed by atoms with Crippen molar-refractivity contribution in [2.24, 2.45) is 0 Å². The summed E-state index contributed by atoms with van der Waals surface area (Å²) in [5.74, 6) is -0.0713. The Morgan fingerprint density at radius 3 is 2.33 bits per heavy atom. The van der Waals surface area contributed by atoms with Crippen LogP contribution in [0.15, 0.2) is 6.07 Å². The van der Waals surface area contributed by atoms with Gasteiger partial charge < -0.3 is 4.74 Å². The zero-order chi connectivity index (χ0) is 11.4. The van der Waals surface area contributed by atoms with Gasteiger partial charge in [-0.15, -0.1) is 0 Å². The summed E-state index contributed by atoms with van der Waals surface area (Å²) in [4.78, 5) is 20.0. The average Bonchev–Trinajstić information content (AvgIpc) is 2.17. The van der Waals surface area contributed by atoms with Gasteiger partial charge >= 0.3 is 5.97 Å². The Morgan fingerprint density at radius 2 is 1.93 bits per heavy atom. The van der Waals surface area contributed by atoms with Gasteiger partial charge in [-0.1, -0.05) is 6.92 Å². The Kier molecular flexibility index (Phi) is 3.77. The third-order valence-corrected chi connectivity index (χ3v) is 2.21. The summed E-state index contributed by atoms with van der Waals surface area (Å²) < 4.78 is 4.72. The molecule has 0 fully saturated rings. The first-order valence-electron chi connectivity index (χ1n) is 4.98. The Bertz CT molecular complexity index is 343. The van der Waals surface area contributed by atoms with E-state index in [9.17, 15) is 4.79 Å². The van der Waals surface area contributed by atoms with Crippen LogP contribution in [0.1, 0.15) is 36.5 Å². The normalized spacial score (nSPS) is 12.3. The number of nitrogens with zero attached hydrogens (tertiary/aromatic N) is 2.